The summed E-state index contributed by atoms with van der Waals surface area (Å²) in [5.41, 5.74) is 4.99. The SMILES string of the molecule is COC(=O)[C@@H]1[C@H]2C[C@@H](c3[nH]c4ccccc4c3CCn3cc(-c4ccccc4)nn3)N(C#N)C[C@@H]2CC[C@@H]1O. The molecule has 5 atom stereocenters. The molecule has 2 aliphatic rings. The number of rotatable bonds is 6. The smallest absolute Gasteiger partial charge is 0.311 e. The van der Waals surface area contributed by atoms with E-state index in [0.29, 0.717) is 32.4 Å². The minimum atomic E-state index is -0.721. The van der Waals surface area contributed by atoms with Gasteiger partial charge in [-0.3, -0.25) is 9.48 Å². The van der Waals surface area contributed by atoms with Crippen LogP contribution in [-0.4, -0.2) is 55.7 Å². The van der Waals surface area contributed by atoms with Crippen molar-refractivity contribution in [2.24, 2.45) is 17.8 Å². The Balaban J connectivity index is 1.32. The normalized spacial score (nSPS) is 24.7. The van der Waals surface area contributed by atoms with Crippen molar-refractivity contribution >= 4 is 16.9 Å². The lowest BCUT2D eigenvalue weighted by atomic mass is 9.65. The molecule has 1 saturated carbocycles. The van der Waals surface area contributed by atoms with Crippen LogP contribution in [0.2, 0.25) is 0 Å². The predicted molar refractivity (Wildman–Crippen MR) is 145 cm³/mol. The highest BCUT2D eigenvalue weighted by molar-refractivity contribution is 5.85. The summed E-state index contributed by atoms with van der Waals surface area (Å²) < 4.78 is 6.95. The summed E-state index contributed by atoms with van der Waals surface area (Å²) in [5, 5.41) is 30.8. The van der Waals surface area contributed by atoms with Gasteiger partial charge >= 0.3 is 5.97 Å². The molecule has 200 valence electrons. The Hall–Kier alpha value is -4.16. The van der Waals surface area contributed by atoms with Crippen LogP contribution in [0.5, 0.6) is 0 Å². The molecule has 0 radical (unpaired) electrons. The first-order valence-corrected chi connectivity index (χ1v) is 13.5. The van der Waals surface area contributed by atoms with E-state index in [1.807, 2.05) is 58.2 Å². The fourth-order valence-corrected chi connectivity index (χ4v) is 6.69. The van der Waals surface area contributed by atoms with Crippen molar-refractivity contribution in [2.75, 3.05) is 13.7 Å². The Kier molecular flexibility index (Phi) is 6.79. The van der Waals surface area contributed by atoms with Crippen LogP contribution in [0.3, 0.4) is 0 Å². The molecule has 2 aromatic carbocycles. The average molecular weight is 525 g/mol. The van der Waals surface area contributed by atoms with Gasteiger partial charge in [-0.2, -0.15) is 5.26 Å². The predicted octanol–water partition coefficient (Wildman–Crippen LogP) is 4.07. The van der Waals surface area contributed by atoms with E-state index in [4.69, 9.17) is 4.74 Å². The van der Waals surface area contributed by atoms with E-state index in [9.17, 15) is 15.2 Å². The van der Waals surface area contributed by atoms with Crippen molar-refractivity contribution in [2.45, 2.75) is 44.4 Å². The molecule has 9 heteroatoms. The van der Waals surface area contributed by atoms with Gasteiger partial charge in [0.1, 0.15) is 5.69 Å². The van der Waals surface area contributed by atoms with Gasteiger partial charge in [-0.15, -0.1) is 5.10 Å². The zero-order chi connectivity index (χ0) is 26.9. The van der Waals surface area contributed by atoms with Crippen LogP contribution in [0.15, 0.2) is 60.8 Å². The van der Waals surface area contributed by atoms with Crippen LogP contribution >= 0.6 is 0 Å². The van der Waals surface area contributed by atoms with E-state index < -0.39 is 12.0 Å². The van der Waals surface area contributed by atoms with Gasteiger partial charge in [-0.25, -0.2) is 0 Å². The monoisotopic (exact) mass is 524 g/mol. The Morgan fingerprint density at radius 1 is 1.18 bits per heavy atom. The number of aliphatic hydroxyl groups excluding tert-OH is 1. The number of carbonyl (C=O) groups is 1. The Labute approximate surface area is 227 Å². The van der Waals surface area contributed by atoms with Crippen LogP contribution in [0.1, 0.15) is 36.6 Å². The molecule has 2 N–H and O–H groups in total. The van der Waals surface area contributed by atoms with Gasteiger partial charge in [-0.05, 0) is 49.1 Å². The number of likely N-dealkylation sites (tertiary alicyclic amines) is 1. The number of nitrogens with zero attached hydrogens (tertiary/aromatic N) is 5. The molecule has 2 fully saturated rings. The van der Waals surface area contributed by atoms with E-state index in [1.165, 1.54) is 7.11 Å². The second-order valence-corrected chi connectivity index (χ2v) is 10.7. The molecule has 0 bridgehead atoms. The highest BCUT2D eigenvalue weighted by Crippen LogP contribution is 2.47. The number of ether oxygens (including phenoxy) is 1. The second kappa shape index (κ2) is 10.5. The van der Waals surface area contributed by atoms with Crippen LogP contribution in [0, 0.1) is 29.2 Å². The highest BCUT2D eigenvalue weighted by atomic mass is 16.5. The molecular formula is C30H32N6O3. The van der Waals surface area contributed by atoms with Crippen LogP contribution in [0.25, 0.3) is 22.2 Å². The molecule has 1 aliphatic heterocycles. The summed E-state index contributed by atoms with van der Waals surface area (Å²) >= 11 is 0. The number of H-pyrrole nitrogens is 1. The number of aryl methyl sites for hydroxylation is 2. The number of hydrogen-bond donors (Lipinski definition) is 2. The summed E-state index contributed by atoms with van der Waals surface area (Å²) in [7, 11) is 1.38. The standard InChI is InChI=1S/C30H32N6O3/c1-39-30(38)28-23-15-26(35(18-31)16-20(23)11-12-27(28)37)29-22(21-9-5-6-10-24(21)32-29)13-14-36-17-25(33-34-36)19-7-3-2-4-8-19/h2-10,17,20,23,26-28,32,37H,11-16H2,1H3/t20-,23-,26-,27-,28+/m0/s1. The van der Waals surface area contributed by atoms with E-state index in [0.717, 1.165) is 39.8 Å². The molecular weight excluding hydrogens is 492 g/mol. The zero-order valence-electron chi connectivity index (χ0n) is 21.9. The van der Waals surface area contributed by atoms with Crippen LogP contribution in [-0.2, 0) is 22.5 Å². The van der Waals surface area contributed by atoms with Gasteiger partial charge < -0.3 is 19.7 Å². The Morgan fingerprint density at radius 3 is 2.77 bits per heavy atom. The number of nitrogens with one attached hydrogen (secondary N) is 1. The maximum Gasteiger partial charge on any atom is 0.311 e. The summed E-state index contributed by atoms with van der Waals surface area (Å²) in [4.78, 5) is 18.2. The van der Waals surface area contributed by atoms with Crippen LogP contribution in [0.4, 0.5) is 0 Å². The minimum Gasteiger partial charge on any atom is -0.469 e. The summed E-state index contributed by atoms with van der Waals surface area (Å²) in [6.45, 7) is 1.19. The molecule has 39 heavy (non-hydrogen) atoms. The van der Waals surface area contributed by atoms with E-state index in [2.05, 4.69) is 33.6 Å². The number of benzene rings is 2. The van der Waals surface area contributed by atoms with Crippen molar-refractivity contribution in [3.8, 4) is 17.5 Å². The molecule has 6 rings (SSSR count). The lowest BCUT2D eigenvalue weighted by Crippen LogP contribution is -2.51. The average Bonchev–Trinajstić information content (AvgIpc) is 3.60. The third kappa shape index (κ3) is 4.66. The molecule has 0 spiro atoms. The van der Waals surface area contributed by atoms with Crippen molar-refractivity contribution in [1.82, 2.24) is 24.9 Å². The van der Waals surface area contributed by atoms with Gasteiger partial charge in [0, 0.05) is 35.2 Å². The summed E-state index contributed by atoms with van der Waals surface area (Å²) in [6, 6.07) is 17.9. The second-order valence-electron chi connectivity index (χ2n) is 10.7. The molecule has 0 amide bonds. The van der Waals surface area contributed by atoms with Crippen LogP contribution < -0.4 is 0 Å². The van der Waals surface area contributed by atoms with Gasteiger partial charge in [0.25, 0.3) is 0 Å². The number of fused-ring (bicyclic) bond motifs is 2. The summed E-state index contributed by atoms with van der Waals surface area (Å²) in [5.74, 6) is -0.832. The lowest BCUT2D eigenvalue weighted by molar-refractivity contribution is -0.159. The van der Waals surface area contributed by atoms with Crippen molar-refractivity contribution < 1.29 is 14.6 Å². The van der Waals surface area contributed by atoms with E-state index in [-0.39, 0.29) is 23.8 Å². The number of para-hydroxylation sites is 1. The third-order valence-corrected chi connectivity index (χ3v) is 8.60. The fraction of sp³-hybridized carbons (Fsp3) is 0.400. The topological polar surface area (TPSA) is 120 Å². The number of aliphatic hydroxyl groups is 1. The number of carbonyl (C=O) groups excluding carboxylic acids is 1. The zero-order valence-corrected chi connectivity index (χ0v) is 21.9. The van der Waals surface area contributed by atoms with Gasteiger partial charge in [-0.1, -0.05) is 53.7 Å². The number of methoxy groups -OCH3 is 1. The van der Waals surface area contributed by atoms with E-state index in [1.54, 1.807) is 0 Å². The third-order valence-electron chi connectivity index (χ3n) is 8.60. The minimum absolute atomic E-state index is 0.0567. The maximum atomic E-state index is 12.7. The first kappa shape index (κ1) is 25.1. The van der Waals surface area contributed by atoms with Gasteiger partial charge in [0.15, 0.2) is 6.19 Å². The van der Waals surface area contributed by atoms with Crippen molar-refractivity contribution in [3.05, 3.63) is 72.1 Å². The number of esters is 1. The number of aromatic nitrogens is 4. The molecule has 1 aliphatic carbocycles. The number of piperidine rings is 1. The maximum absolute atomic E-state index is 12.7. The number of aromatic amines is 1. The number of hydrogen-bond acceptors (Lipinski definition) is 7. The molecule has 3 heterocycles. The van der Waals surface area contributed by atoms with E-state index >= 15 is 0 Å². The van der Waals surface area contributed by atoms with Gasteiger partial charge in [0.05, 0.1) is 31.4 Å². The van der Waals surface area contributed by atoms with Gasteiger partial charge in [0.2, 0.25) is 0 Å². The van der Waals surface area contributed by atoms with Crippen molar-refractivity contribution in [1.29, 1.82) is 5.26 Å². The molecule has 9 nitrogen and oxygen atoms in total. The molecule has 2 aromatic heterocycles. The number of nitriles is 1. The quantitative estimate of drug-likeness (QED) is 0.288. The Morgan fingerprint density at radius 2 is 1.97 bits per heavy atom. The Bertz CT molecular complexity index is 1510. The van der Waals surface area contributed by atoms with Crippen molar-refractivity contribution in [3.63, 3.8) is 0 Å². The lowest BCUT2D eigenvalue weighted by Gasteiger charge is -2.47. The molecule has 4 aromatic rings. The highest BCUT2D eigenvalue weighted by Gasteiger charge is 2.49. The first-order valence-electron chi connectivity index (χ1n) is 13.5. The molecule has 1 saturated heterocycles. The molecule has 0 unspecified atom stereocenters. The fourth-order valence-electron chi connectivity index (χ4n) is 6.69. The first-order chi connectivity index (χ1) is 19.1. The summed E-state index contributed by atoms with van der Waals surface area (Å²) in [6.07, 6.45) is 6.30. The largest absolute Gasteiger partial charge is 0.469 e.